The molecule has 0 amide bonds. The Balaban J connectivity index is 2.20. The topological polar surface area (TPSA) is 26.3 Å². The van der Waals surface area contributed by atoms with Gasteiger partial charge in [-0.2, -0.15) is 0 Å². The molecule has 0 bridgehead atoms. The number of methoxy groups -OCH3 is 1. The zero-order valence-electron chi connectivity index (χ0n) is 9.39. The Labute approximate surface area is 111 Å². The van der Waals surface area contributed by atoms with Crippen LogP contribution in [0.1, 0.15) is 10.4 Å². The summed E-state index contributed by atoms with van der Waals surface area (Å²) in [5.74, 6) is -0.274. The monoisotopic (exact) mass is 339 g/mol. The third-order valence-electron chi connectivity index (χ3n) is 2.20. The first-order valence-corrected chi connectivity index (χ1v) is 7.33. The zero-order chi connectivity index (χ0) is 12.1. The van der Waals surface area contributed by atoms with Gasteiger partial charge in [0.1, 0.15) is 0 Å². The summed E-state index contributed by atoms with van der Waals surface area (Å²) in [7, 11) is 1.40. The maximum atomic E-state index is 11.4. The minimum absolute atomic E-state index is 0.227. The van der Waals surface area contributed by atoms with Crippen LogP contribution < -0.4 is 21.2 Å². The average Bonchev–Trinajstić information content (AvgIpc) is 2.39. The van der Waals surface area contributed by atoms with Crippen LogP contribution in [-0.2, 0) is 4.74 Å². The molecular formula is C14H12IO2-. The van der Waals surface area contributed by atoms with Crippen molar-refractivity contribution in [3.63, 3.8) is 0 Å². The van der Waals surface area contributed by atoms with E-state index < -0.39 is 0 Å². The molecule has 2 aromatic carbocycles. The van der Waals surface area contributed by atoms with E-state index in [2.05, 4.69) is 18.2 Å². The van der Waals surface area contributed by atoms with Crippen molar-refractivity contribution < 1.29 is 30.7 Å². The molecule has 0 aliphatic rings. The minimum atomic E-state index is -0.274. The number of ether oxygens (including phenoxy) is 1. The molecule has 0 fully saturated rings. The van der Waals surface area contributed by atoms with Gasteiger partial charge in [-0.15, -0.1) is 0 Å². The fourth-order valence-corrected chi connectivity index (χ4v) is 3.77. The quantitative estimate of drug-likeness (QED) is 0.562. The number of hydrogen-bond donors (Lipinski definition) is 0. The van der Waals surface area contributed by atoms with E-state index >= 15 is 0 Å². The van der Waals surface area contributed by atoms with E-state index in [0.29, 0.717) is 5.56 Å². The number of benzene rings is 2. The number of carbonyl (C=O) groups excluding carboxylic acids is 1. The van der Waals surface area contributed by atoms with Crippen LogP contribution in [0.2, 0.25) is 0 Å². The van der Waals surface area contributed by atoms with Gasteiger partial charge < -0.3 is 0 Å². The van der Waals surface area contributed by atoms with Gasteiger partial charge in [-0.3, -0.25) is 0 Å². The molecule has 3 heteroatoms. The summed E-state index contributed by atoms with van der Waals surface area (Å²) in [5, 5.41) is 0. The molecule has 17 heavy (non-hydrogen) atoms. The standard InChI is InChI=1S/C14H12IO2/c1-17-14(16)11-6-5-9-13(10-11)15-12-7-3-2-4-8-12/h2-10H,1H3/q-1. The predicted molar refractivity (Wildman–Crippen MR) is 61.6 cm³/mol. The number of esters is 1. The van der Waals surface area contributed by atoms with E-state index in [1.54, 1.807) is 6.07 Å². The summed E-state index contributed by atoms with van der Waals surface area (Å²) >= 11 is -0.227. The van der Waals surface area contributed by atoms with Crippen molar-refractivity contribution >= 4 is 5.97 Å². The first-order chi connectivity index (χ1) is 8.29. The van der Waals surface area contributed by atoms with Crippen molar-refractivity contribution in [3.8, 4) is 0 Å². The van der Waals surface area contributed by atoms with Crippen molar-refractivity contribution in [2.75, 3.05) is 7.11 Å². The van der Waals surface area contributed by atoms with E-state index in [0.717, 1.165) is 0 Å². The summed E-state index contributed by atoms with van der Waals surface area (Å²) in [6.45, 7) is 0. The number of hydrogen-bond acceptors (Lipinski definition) is 2. The second-order valence-electron chi connectivity index (χ2n) is 3.39. The van der Waals surface area contributed by atoms with Crippen molar-refractivity contribution in [2.45, 2.75) is 0 Å². The molecule has 0 aliphatic carbocycles. The number of halogens is 1. The van der Waals surface area contributed by atoms with E-state index in [9.17, 15) is 4.79 Å². The molecular weight excluding hydrogens is 327 g/mol. The summed E-state index contributed by atoms with van der Waals surface area (Å²) in [4.78, 5) is 11.4. The van der Waals surface area contributed by atoms with Crippen LogP contribution in [0.3, 0.4) is 0 Å². The Hall–Kier alpha value is -1.36. The van der Waals surface area contributed by atoms with Gasteiger partial charge in [-0.05, 0) is 0 Å². The molecule has 88 valence electrons. The van der Waals surface area contributed by atoms with Crippen LogP contribution in [0, 0.1) is 7.14 Å². The molecule has 0 aliphatic heterocycles. The van der Waals surface area contributed by atoms with E-state index in [-0.39, 0.29) is 27.2 Å². The summed E-state index contributed by atoms with van der Waals surface area (Å²) < 4.78 is 7.28. The molecule has 0 spiro atoms. The van der Waals surface area contributed by atoms with E-state index in [1.165, 1.54) is 14.3 Å². The first kappa shape index (κ1) is 12.1. The van der Waals surface area contributed by atoms with Crippen molar-refractivity contribution in [2.24, 2.45) is 0 Å². The number of carbonyl (C=O) groups is 1. The summed E-state index contributed by atoms with van der Waals surface area (Å²) in [6.07, 6.45) is 0. The van der Waals surface area contributed by atoms with Crippen LogP contribution in [0.5, 0.6) is 0 Å². The van der Waals surface area contributed by atoms with Gasteiger partial charge in [0.15, 0.2) is 0 Å². The van der Waals surface area contributed by atoms with Gasteiger partial charge in [-0.1, -0.05) is 0 Å². The molecule has 0 radical (unpaired) electrons. The summed E-state index contributed by atoms with van der Waals surface area (Å²) in [6, 6.07) is 18.0. The molecule has 0 N–H and O–H groups in total. The summed E-state index contributed by atoms with van der Waals surface area (Å²) in [5.41, 5.74) is 0.626. The van der Waals surface area contributed by atoms with Crippen molar-refractivity contribution in [1.29, 1.82) is 0 Å². The van der Waals surface area contributed by atoms with Gasteiger partial charge in [0.05, 0.1) is 0 Å². The molecule has 0 saturated heterocycles. The normalized spacial score (nSPS) is 10.2. The fraction of sp³-hybridized carbons (Fsp3) is 0.0714. The van der Waals surface area contributed by atoms with Crippen LogP contribution >= 0.6 is 0 Å². The second-order valence-corrected chi connectivity index (χ2v) is 6.42. The average molecular weight is 339 g/mol. The third kappa shape index (κ3) is 3.30. The predicted octanol–water partition coefficient (Wildman–Crippen LogP) is -0.398. The van der Waals surface area contributed by atoms with Crippen LogP contribution in [0.4, 0.5) is 0 Å². The van der Waals surface area contributed by atoms with Gasteiger partial charge in [0.2, 0.25) is 0 Å². The molecule has 2 nitrogen and oxygen atoms in total. The van der Waals surface area contributed by atoms with Gasteiger partial charge in [0, 0.05) is 0 Å². The van der Waals surface area contributed by atoms with Crippen LogP contribution in [0.25, 0.3) is 0 Å². The Kier molecular flexibility index (Phi) is 4.14. The Bertz CT molecular complexity index is 509. The van der Waals surface area contributed by atoms with E-state index in [1.807, 2.05) is 30.3 Å². The van der Waals surface area contributed by atoms with Gasteiger partial charge >= 0.3 is 111 Å². The second kappa shape index (κ2) is 5.82. The van der Waals surface area contributed by atoms with E-state index in [4.69, 9.17) is 4.74 Å². The molecule has 2 rings (SSSR count). The fourth-order valence-electron chi connectivity index (χ4n) is 1.40. The maximum absolute atomic E-state index is 11.4. The molecule has 2 aromatic rings. The van der Waals surface area contributed by atoms with Crippen LogP contribution in [-0.4, -0.2) is 13.1 Å². The molecule has 0 atom stereocenters. The molecule has 0 saturated carbocycles. The van der Waals surface area contributed by atoms with Crippen LogP contribution in [0.15, 0.2) is 54.6 Å². The molecule has 0 unspecified atom stereocenters. The third-order valence-corrected chi connectivity index (χ3v) is 4.83. The van der Waals surface area contributed by atoms with Gasteiger partial charge in [-0.25, -0.2) is 0 Å². The zero-order valence-corrected chi connectivity index (χ0v) is 11.5. The van der Waals surface area contributed by atoms with Gasteiger partial charge in [0.25, 0.3) is 0 Å². The molecule has 0 aromatic heterocycles. The Morgan fingerprint density at radius 2 is 1.71 bits per heavy atom. The molecule has 0 heterocycles. The van der Waals surface area contributed by atoms with Crippen molar-refractivity contribution in [3.05, 3.63) is 67.3 Å². The SMILES string of the molecule is COC(=O)c1cccc([I-]c2ccccc2)c1. The van der Waals surface area contributed by atoms with Crippen molar-refractivity contribution in [1.82, 2.24) is 0 Å². The number of rotatable bonds is 3. The Morgan fingerprint density at radius 1 is 1.00 bits per heavy atom. The first-order valence-electron chi connectivity index (χ1n) is 5.18. The Morgan fingerprint density at radius 3 is 2.41 bits per heavy atom.